The van der Waals surface area contributed by atoms with Crippen molar-refractivity contribution >= 4 is 38.8 Å². The SMILES string of the molecule is O=S1(=O)C[C@@H]2NC(=S)N(Cc3ccc(Cl)cc3)[C@H]2C1. The molecule has 0 saturated carbocycles. The van der Waals surface area contributed by atoms with Gasteiger partial charge in [0.1, 0.15) is 0 Å². The highest BCUT2D eigenvalue weighted by atomic mass is 35.5. The lowest BCUT2D eigenvalue weighted by Crippen LogP contribution is -2.36. The number of hydrogen-bond acceptors (Lipinski definition) is 3. The summed E-state index contributed by atoms with van der Waals surface area (Å²) in [5.74, 6) is 0.354. The van der Waals surface area contributed by atoms with Gasteiger partial charge in [-0.15, -0.1) is 0 Å². The van der Waals surface area contributed by atoms with Gasteiger partial charge < -0.3 is 10.2 Å². The summed E-state index contributed by atoms with van der Waals surface area (Å²) in [6.07, 6.45) is 0. The normalized spacial score (nSPS) is 28.3. The molecule has 19 heavy (non-hydrogen) atoms. The first-order chi connectivity index (χ1) is 8.94. The fourth-order valence-electron chi connectivity index (χ4n) is 2.64. The first-order valence-corrected chi connectivity index (χ1v) is 8.57. The predicted molar refractivity (Wildman–Crippen MR) is 79.0 cm³/mol. The highest BCUT2D eigenvalue weighted by Crippen LogP contribution is 2.26. The van der Waals surface area contributed by atoms with Crippen LogP contribution in [-0.4, -0.2) is 42.0 Å². The Hall–Kier alpha value is -0.850. The monoisotopic (exact) mass is 316 g/mol. The summed E-state index contributed by atoms with van der Waals surface area (Å²) in [5, 5.41) is 4.43. The van der Waals surface area contributed by atoms with Crippen LogP contribution in [0, 0.1) is 0 Å². The zero-order valence-corrected chi connectivity index (χ0v) is 12.4. The average molecular weight is 317 g/mol. The highest BCUT2D eigenvalue weighted by molar-refractivity contribution is 7.91. The Kier molecular flexibility index (Phi) is 3.19. The Labute approximate surface area is 122 Å². The predicted octanol–water partition coefficient (Wildman–Crippen LogP) is 1.20. The van der Waals surface area contributed by atoms with E-state index in [-0.39, 0.29) is 23.6 Å². The summed E-state index contributed by atoms with van der Waals surface area (Å²) >= 11 is 11.1. The van der Waals surface area contributed by atoms with Crippen LogP contribution >= 0.6 is 23.8 Å². The zero-order valence-electron chi connectivity index (χ0n) is 10.0. The van der Waals surface area contributed by atoms with Crippen LogP contribution in [0.3, 0.4) is 0 Å². The molecule has 0 bridgehead atoms. The van der Waals surface area contributed by atoms with E-state index in [0.29, 0.717) is 16.7 Å². The number of nitrogens with one attached hydrogen (secondary N) is 1. The molecule has 2 atom stereocenters. The number of hydrogen-bond donors (Lipinski definition) is 1. The van der Waals surface area contributed by atoms with E-state index >= 15 is 0 Å². The van der Waals surface area contributed by atoms with Gasteiger partial charge in [-0.2, -0.15) is 0 Å². The van der Waals surface area contributed by atoms with Crippen molar-refractivity contribution in [3.8, 4) is 0 Å². The van der Waals surface area contributed by atoms with Crippen molar-refractivity contribution in [2.75, 3.05) is 11.5 Å². The van der Waals surface area contributed by atoms with Crippen LogP contribution in [0.5, 0.6) is 0 Å². The van der Waals surface area contributed by atoms with Gasteiger partial charge in [0, 0.05) is 11.6 Å². The van der Waals surface area contributed by atoms with Crippen LogP contribution in [-0.2, 0) is 16.4 Å². The molecule has 2 aliphatic rings. The quantitative estimate of drug-likeness (QED) is 0.831. The van der Waals surface area contributed by atoms with E-state index in [1.165, 1.54) is 0 Å². The van der Waals surface area contributed by atoms with Gasteiger partial charge >= 0.3 is 0 Å². The minimum absolute atomic E-state index is 0.0480. The van der Waals surface area contributed by atoms with Crippen molar-refractivity contribution in [2.45, 2.75) is 18.6 Å². The molecular formula is C12H13ClN2O2S2. The summed E-state index contributed by atoms with van der Waals surface area (Å²) in [6.45, 7) is 0.611. The second-order valence-electron chi connectivity index (χ2n) is 4.95. The van der Waals surface area contributed by atoms with Crippen molar-refractivity contribution in [3.05, 3.63) is 34.9 Å². The Balaban J connectivity index is 1.80. The van der Waals surface area contributed by atoms with Gasteiger partial charge in [0.2, 0.25) is 0 Å². The summed E-state index contributed by atoms with van der Waals surface area (Å²) in [7, 11) is -2.95. The molecule has 0 amide bonds. The van der Waals surface area contributed by atoms with Gasteiger partial charge in [-0.1, -0.05) is 23.7 Å². The lowest BCUT2D eigenvalue weighted by Gasteiger charge is -2.23. The number of sulfone groups is 1. The third-order valence-corrected chi connectivity index (χ3v) is 5.88. The number of thiocarbonyl (C=S) groups is 1. The largest absolute Gasteiger partial charge is 0.357 e. The number of fused-ring (bicyclic) bond motifs is 1. The Morgan fingerprint density at radius 3 is 2.68 bits per heavy atom. The molecule has 0 aromatic heterocycles. The van der Waals surface area contributed by atoms with Crippen molar-refractivity contribution < 1.29 is 8.42 Å². The van der Waals surface area contributed by atoms with Crippen LogP contribution in [0.25, 0.3) is 0 Å². The molecule has 4 nitrogen and oxygen atoms in total. The Bertz CT molecular complexity index is 615. The molecule has 3 rings (SSSR count). The summed E-state index contributed by atoms with van der Waals surface area (Å²) < 4.78 is 23.3. The lowest BCUT2D eigenvalue weighted by atomic mass is 10.1. The van der Waals surface area contributed by atoms with E-state index < -0.39 is 9.84 Å². The molecule has 0 aliphatic carbocycles. The van der Waals surface area contributed by atoms with Crippen LogP contribution in [0.15, 0.2) is 24.3 Å². The van der Waals surface area contributed by atoms with Crippen molar-refractivity contribution in [3.63, 3.8) is 0 Å². The molecule has 2 saturated heterocycles. The molecular weight excluding hydrogens is 304 g/mol. The minimum Gasteiger partial charge on any atom is -0.357 e. The van der Waals surface area contributed by atoms with Gasteiger partial charge in [-0.25, -0.2) is 8.42 Å². The standard InChI is InChI=1S/C12H13ClN2O2S2/c13-9-3-1-8(2-4-9)5-15-11-7-19(16,17)6-10(11)14-12(15)18/h1-4,10-11H,5-7H2,(H,14,18)/t10-,11-/m0/s1. The maximum Gasteiger partial charge on any atom is 0.169 e. The smallest absolute Gasteiger partial charge is 0.169 e. The topological polar surface area (TPSA) is 49.4 Å². The summed E-state index contributed by atoms with van der Waals surface area (Å²) in [6, 6.07) is 7.40. The van der Waals surface area contributed by atoms with Gasteiger partial charge in [-0.05, 0) is 29.9 Å². The number of nitrogens with zero attached hydrogens (tertiary/aromatic N) is 1. The maximum absolute atomic E-state index is 11.7. The van der Waals surface area contributed by atoms with Gasteiger partial charge in [0.25, 0.3) is 0 Å². The minimum atomic E-state index is -2.95. The molecule has 1 N–H and O–H groups in total. The number of rotatable bonds is 2. The van der Waals surface area contributed by atoms with E-state index in [2.05, 4.69) is 5.32 Å². The molecule has 1 aromatic rings. The molecule has 7 heteroatoms. The Morgan fingerprint density at radius 2 is 2.00 bits per heavy atom. The van der Waals surface area contributed by atoms with Gasteiger partial charge in [-0.3, -0.25) is 0 Å². The van der Waals surface area contributed by atoms with Crippen LogP contribution in [0.1, 0.15) is 5.56 Å². The highest BCUT2D eigenvalue weighted by Gasteiger charge is 2.46. The Morgan fingerprint density at radius 1 is 1.32 bits per heavy atom. The van der Waals surface area contributed by atoms with E-state index in [0.717, 1.165) is 5.56 Å². The average Bonchev–Trinajstić information content (AvgIpc) is 2.75. The van der Waals surface area contributed by atoms with Crippen LogP contribution in [0.4, 0.5) is 0 Å². The molecule has 0 radical (unpaired) electrons. The van der Waals surface area contributed by atoms with E-state index in [9.17, 15) is 8.42 Å². The third kappa shape index (κ3) is 2.57. The third-order valence-electron chi connectivity index (χ3n) is 3.56. The van der Waals surface area contributed by atoms with Gasteiger partial charge in [0.15, 0.2) is 14.9 Å². The maximum atomic E-state index is 11.7. The second-order valence-corrected chi connectivity index (χ2v) is 7.93. The summed E-state index contributed by atoms with van der Waals surface area (Å²) in [5.41, 5.74) is 1.07. The molecule has 2 heterocycles. The number of halogens is 1. The molecule has 1 aromatic carbocycles. The zero-order chi connectivity index (χ0) is 13.6. The molecule has 0 unspecified atom stereocenters. The first kappa shape index (κ1) is 13.1. The van der Waals surface area contributed by atoms with Crippen LogP contribution < -0.4 is 5.32 Å². The molecule has 2 aliphatic heterocycles. The van der Waals surface area contributed by atoms with E-state index in [1.807, 2.05) is 29.2 Å². The van der Waals surface area contributed by atoms with Crippen molar-refractivity contribution in [2.24, 2.45) is 0 Å². The van der Waals surface area contributed by atoms with E-state index in [1.54, 1.807) is 0 Å². The van der Waals surface area contributed by atoms with Crippen LogP contribution in [0.2, 0.25) is 5.02 Å². The summed E-state index contributed by atoms with van der Waals surface area (Å²) in [4.78, 5) is 1.97. The molecule has 0 spiro atoms. The van der Waals surface area contributed by atoms with E-state index in [4.69, 9.17) is 23.8 Å². The lowest BCUT2D eigenvalue weighted by molar-refractivity contribution is 0.349. The fraction of sp³-hybridized carbons (Fsp3) is 0.417. The first-order valence-electron chi connectivity index (χ1n) is 5.97. The van der Waals surface area contributed by atoms with Crippen molar-refractivity contribution in [1.29, 1.82) is 0 Å². The second kappa shape index (κ2) is 4.61. The van der Waals surface area contributed by atoms with Crippen molar-refractivity contribution in [1.82, 2.24) is 10.2 Å². The fourth-order valence-corrected chi connectivity index (χ4v) is 5.04. The van der Waals surface area contributed by atoms with Gasteiger partial charge in [0.05, 0.1) is 23.6 Å². The molecule has 102 valence electrons. The molecule has 2 fully saturated rings. The number of benzene rings is 1.